The smallest absolute Gasteiger partial charge is 0.408 e. The molecule has 3 amide bonds. The van der Waals surface area contributed by atoms with Gasteiger partial charge in [-0.25, -0.2) is 9.59 Å². The fourth-order valence-electron chi connectivity index (χ4n) is 3.33. The van der Waals surface area contributed by atoms with Gasteiger partial charge in [-0.2, -0.15) is 0 Å². The minimum absolute atomic E-state index is 0.0690. The standard InChI is InChI=1S/C21H29N3O6/c1-13(2)17(23-21(29)30-12-15-8-5-4-6-9-15)18(25)22-14(3)19(26)24-11-7-10-16(24)20(27)28/h4-6,8-9,13-14,16-17H,7,10-12H2,1-3H3,(H,22,25)(H,23,29)(H,27,28)/t14-,16-,17-/m0/s1. The van der Waals surface area contributed by atoms with E-state index in [1.54, 1.807) is 13.8 Å². The number of hydrogen-bond acceptors (Lipinski definition) is 5. The van der Waals surface area contributed by atoms with Crippen LogP contribution >= 0.6 is 0 Å². The maximum Gasteiger partial charge on any atom is 0.408 e. The van der Waals surface area contributed by atoms with Gasteiger partial charge >= 0.3 is 12.1 Å². The van der Waals surface area contributed by atoms with Crippen LogP contribution in [0.25, 0.3) is 0 Å². The van der Waals surface area contributed by atoms with Gasteiger partial charge in [0.15, 0.2) is 0 Å². The highest BCUT2D eigenvalue weighted by Gasteiger charge is 2.37. The molecule has 1 aliphatic rings. The number of ether oxygens (including phenoxy) is 1. The first-order valence-corrected chi connectivity index (χ1v) is 10.0. The van der Waals surface area contributed by atoms with Gasteiger partial charge in [-0.3, -0.25) is 9.59 Å². The van der Waals surface area contributed by atoms with E-state index in [1.165, 1.54) is 11.8 Å². The van der Waals surface area contributed by atoms with E-state index in [9.17, 15) is 24.3 Å². The van der Waals surface area contributed by atoms with Crippen LogP contribution in [-0.2, 0) is 25.7 Å². The Morgan fingerprint density at radius 2 is 1.80 bits per heavy atom. The van der Waals surface area contributed by atoms with Crippen molar-refractivity contribution in [2.45, 2.75) is 58.3 Å². The number of amides is 3. The molecule has 9 heteroatoms. The summed E-state index contributed by atoms with van der Waals surface area (Å²) in [5, 5.41) is 14.4. The lowest BCUT2D eigenvalue weighted by molar-refractivity contribution is -0.149. The molecule has 1 saturated heterocycles. The van der Waals surface area contributed by atoms with E-state index in [2.05, 4.69) is 10.6 Å². The predicted octanol–water partition coefficient (Wildman–Crippen LogP) is 1.52. The topological polar surface area (TPSA) is 125 Å². The number of alkyl carbamates (subject to hydrolysis) is 1. The van der Waals surface area contributed by atoms with Gasteiger partial charge < -0.3 is 25.4 Å². The van der Waals surface area contributed by atoms with Crippen molar-refractivity contribution in [1.29, 1.82) is 0 Å². The molecule has 1 aromatic carbocycles. The van der Waals surface area contributed by atoms with E-state index in [0.29, 0.717) is 19.4 Å². The molecule has 1 aromatic rings. The molecule has 3 N–H and O–H groups in total. The molecule has 9 nitrogen and oxygen atoms in total. The van der Waals surface area contributed by atoms with Crippen molar-refractivity contribution in [2.24, 2.45) is 5.92 Å². The van der Waals surface area contributed by atoms with Crippen molar-refractivity contribution in [3.05, 3.63) is 35.9 Å². The van der Waals surface area contributed by atoms with Gasteiger partial charge in [0.25, 0.3) is 0 Å². The molecule has 1 fully saturated rings. The second-order valence-corrected chi connectivity index (χ2v) is 7.69. The molecule has 164 valence electrons. The van der Waals surface area contributed by atoms with E-state index in [-0.39, 0.29) is 12.5 Å². The number of carbonyl (C=O) groups excluding carboxylic acids is 3. The number of carboxylic acids is 1. The number of hydrogen-bond donors (Lipinski definition) is 3. The van der Waals surface area contributed by atoms with Gasteiger partial charge in [0.05, 0.1) is 0 Å². The van der Waals surface area contributed by atoms with E-state index in [0.717, 1.165) is 5.56 Å². The van der Waals surface area contributed by atoms with Gasteiger partial charge in [-0.05, 0) is 31.2 Å². The molecular weight excluding hydrogens is 390 g/mol. The third-order valence-corrected chi connectivity index (χ3v) is 4.99. The molecule has 0 spiro atoms. The highest BCUT2D eigenvalue weighted by Crippen LogP contribution is 2.18. The Bertz CT molecular complexity index is 767. The number of aliphatic carboxylic acids is 1. The van der Waals surface area contributed by atoms with E-state index >= 15 is 0 Å². The molecular formula is C21H29N3O6. The van der Waals surface area contributed by atoms with Gasteiger partial charge in [0.1, 0.15) is 24.7 Å². The molecule has 0 aromatic heterocycles. The SMILES string of the molecule is CC(C)[C@H](NC(=O)OCc1ccccc1)C(=O)N[C@@H](C)C(=O)N1CCC[C@H]1C(=O)O. The minimum Gasteiger partial charge on any atom is -0.480 e. The Hall–Kier alpha value is -3.10. The largest absolute Gasteiger partial charge is 0.480 e. The van der Waals surface area contributed by atoms with Crippen molar-refractivity contribution in [3.63, 3.8) is 0 Å². The monoisotopic (exact) mass is 419 g/mol. The molecule has 0 saturated carbocycles. The van der Waals surface area contributed by atoms with Crippen molar-refractivity contribution in [3.8, 4) is 0 Å². The Kier molecular flexibility index (Phi) is 8.20. The highest BCUT2D eigenvalue weighted by atomic mass is 16.5. The summed E-state index contributed by atoms with van der Waals surface area (Å²) >= 11 is 0. The molecule has 1 heterocycles. The molecule has 2 rings (SSSR count). The molecule has 0 bridgehead atoms. The molecule has 1 aliphatic heterocycles. The zero-order valence-electron chi connectivity index (χ0n) is 17.5. The summed E-state index contributed by atoms with van der Waals surface area (Å²) in [6, 6.07) is 6.45. The maximum absolute atomic E-state index is 12.7. The second-order valence-electron chi connectivity index (χ2n) is 7.69. The first-order valence-electron chi connectivity index (χ1n) is 10.0. The molecule has 3 atom stereocenters. The van der Waals surface area contributed by atoms with E-state index in [4.69, 9.17) is 4.74 Å². The van der Waals surface area contributed by atoms with E-state index in [1.807, 2.05) is 30.3 Å². The minimum atomic E-state index is -1.05. The number of rotatable bonds is 8. The molecule has 0 aliphatic carbocycles. The Morgan fingerprint density at radius 3 is 2.40 bits per heavy atom. The zero-order valence-corrected chi connectivity index (χ0v) is 17.5. The first kappa shape index (κ1) is 23.2. The van der Waals surface area contributed by atoms with Crippen molar-refractivity contribution in [2.75, 3.05) is 6.54 Å². The van der Waals surface area contributed by atoms with Crippen molar-refractivity contribution in [1.82, 2.24) is 15.5 Å². The van der Waals surface area contributed by atoms with Crippen LogP contribution in [0.5, 0.6) is 0 Å². The summed E-state index contributed by atoms with van der Waals surface area (Å²) in [5.41, 5.74) is 0.816. The van der Waals surface area contributed by atoms with Gasteiger partial charge in [-0.15, -0.1) is 0 Å². The number of likely N-dealkylation sites (tertiary alicyclic amines) is 1. The lowest BCUT2D eigenvalue weighted by Gasteiger charge is -2.27. The predicted molar refractivity (Wildman–Crippen MR) is 108 cm³/mol. The number of nitrogens with zero attached hydrogens (tertiary/aromatic N) is 1. The Balaban J connectivity index is 1.91. The van der Waals surface area contributed by atoms with E-state index < -0.39 is 42.0 Å². The summed E-state index contributed by atoms with van der Waals surface area (Å²) in [4.78, 5) is 50.0. The van der Waals surface area contributed by atoms with Crippen LogP contribution in [0.3, 0.4) is 0 Å². The van der Waals surface area contributed by atoms with Gasteiger partial charge in [0.2, 0.25) is 11.8 Å². The fourth-order valence-corrected chi connectivity index (χ4v) is 3.33. The van der Waals surface area contributed by atoms with Crippen molar-refractivity contribution < 1.29 is 29.0 Å². The number of benzene rings is 1. The lowest BCUT2D eigenvalue weighted by atomic mass is 10.0. The van der Waals surface area contributed by atoms with Gasteiger partial charge in [0, 0.05) is 6.54 Å². The first-order chi connectivity index (χ1) is 14.2. The summed E-state index contributed by atoms with van der Waals surface area (Å²) < 4.78 is 5.16. The molecule has 30 heavy (non-hydrogen) atoms. The van der Waals surface area contributed by atoms with Crippen LogP contribution in [0.4, 0.5) is 4.79 Å². The van der Waals surface area contributed by atoms with Crippen LogP contribution in [0.15, 0.2) is 30.3 Å². The Labute approximate surface area is 175 Å². The van der Waals surface area contributed by atoms with Crippen LogP contribution in [-0.4, -0.2) is 58.6 Å². The lowest BCUT2D eigenvalue weighted by Crippen LogP contribution is -2.56. The van der Waals surface area contributed by atoms with Crippen molar-refractivity contribution >= 4 is 23.9 Å². The van der Waals surface area contributed by atoms with Crippen LogP contribution < -0.4 is 10.6 Å². The van der Waals surface area contributed by atoms with Crippen LogP contribution in [0, 0.1) is 5.92 Å². The molecule has 0 radical (unpaired) electrons. The molecule has 0 unspecified atom stereocenters. The zero-order chi connectivity index (χ0) is 22.3. The number of carbonyl (C=O) groups is 4. The third kappa shape index (κ3) is 6.20. The summed E-state index contributed by atoms with van der Waals surface area (Å²) in [6.45, 7) is 5.43. The summed E-state index contributed by atoms with van der Waals surface area (Å²) in [6.07, 6.45) is 0.259. The maximum atomic E-state index is 12.7. The highest BCUT2D eigenvalue weighted by molar-refractivity contribution is 5.93. The van der Waals surface area contributed by atoms with Crippen LogP contribution in [0.2, 0.25) is 0 Å². The quantitative estimate of drug-likeness (QED) is 0.587. The Morgan fingerprint density at radius 1 is 1.13 bits per heavy atom. The van der Waals surface area contributed by atoms with Crippen LogP contribution in [0.1, 0.15) is 39.2 Å². The average molecular weight is 419 g/mol. The number of carboxylic acid groups (broad SMARTS) is 1. The fraction of sp³-hybridized carbons (Fsp3) is 0.524. The summed E-state index contributed by atoms with van der Waals surface area (Å²) in [5.74, 6) is -2.30. The number of nitrogens with one attached hydrogen (secondary N) is 2. The third-order valence-electron chi connectivity index (χ3n) is 4.99. The second kappa shape index (κ2) is 10.6. The summed E-state index contributed by atoms with van der Waals surface area (Å²) in [7, 11) is 0. The van der Waals surface area contributed by atoms with Gasteiger partial charge in [-0.1, -0.05) is 44.2 Å². The normalized spacial score (nSPS) is 17.9. The average Bonchev–Trinajstić information content (AvgIpc) is 3.20.